The molecule has 0 amide bonds. The largest absolute Gasteiger partial charge is 0.481 e. The van der Waals surface area contributed by atoms with Gasteiger partial charge < -0.3 is 15.7 Å². The molecule has 6 heteroatoms. The molecule has 1 aromatic heterocycles. The number of carboxylic acids is 1. The van der Waals surface area contributed by atoms with Gasteiger partial charge in [0.2, 0.25) is 0 Å². The van der Waals surface area contributed by atoms with E-state index in [0.717, 1.165) is 0 Å². The Morgan fingerprint density at radius 3 is 2.86 bits per heavy atom. The summed E-state index contributed by atoms with van der Waals surface area (Å²) in [5, 5.41) is 14.1. The molecular weight excluding hydrogens is 184 g/mol. The van der Waals surface area contributed by atoms with E-state index in [-0.39, 0.29) is 6.42 Å². The highest BCUT2D eigenvalue weighted by atomic mass is 16.4. The normalized spacial score (nSPS) is 9.50. The van der Waals surface area contributed by atoms with Crippen LogP contribution in [0.1, 0.15) is 6.42 Å². The maximum absolute atomic E-state index is 10.2. The quantitative estimate of drug-likeness (QED) is 0.632. The number of rotatable bonds is 5. The van der Waals surface area contributed by atoms with Gasteiger partial charge >= 0.3 is 5.97 Å². The van der Waals surface area contributed by atoms with E-state index in [1.807, 2.05) is 0 Å². The molecule has 0 aliphatic heterocycles. The first-order valence-corrected chi connectivity index (χ1v) is 4.18. The summed E-state index contributed by atoms with van der Waals surface area (Å²) in [7, 11) is 1.75. The Labute approximate surface area is 81.4 Å². The van der Waals surface area contributed by atoms with Gasteiger partial charge in [-0.25, -0.2) is 9.97 Å². The van der Waals surface area contributed by atoms with Gasteiger partial charge in [-0.2, -0.15) is 0 Å². The molecule has 1 rings (SSSR count). The SMILES string of the molecule is CNc1cc(NCCC(=O)O)ncn1. The molecule has 3 N–H and O–H groups in total. The number of aromatic nitrogens is 2. The van der Waals surface area contributed by atoms with Gasteiger partial charge in [-0.05, 0) is 0 Å². The molecule has 0 bridgehead atoms. The van der Waals surface area contributed by atoms with Gasteiger partial charge in [0.1, 0.15) is 18.0 Å². The van der Waals surface area contributed by atoms with Crippen LogP contribution in [0.5, 0.6) is 0 Å². The minimum Gasteiger partial charge on any atom is -0.481 e. The molecule has 0 aromatic carbocycles. The highest BCUT2D eigenvalue weighted by Crippen LogP contribution is 2.06. The van der Waals surface area contributed by atoms with Crippen molar-refractivity contribution in [2.75, 3.05) is 24.2 Å². The highest BCUT2D eigenvalue weighted by Gasteiger charge is 1.98. The molecule has 1 aromatic rings. The van der Waals surface area contributed by atoms with Gasteiger partial charge in [-0.3, -0.25) is 4.79 Å². The zero-order valence-corrected chi connectivity index (χ0v) is 7.82. The van der Waals surface area contributed by atoms with Crippen LogP contribution in [-0.4, -0.2) is 34.6 Å². The zero-order valence-electron chi connectivity index (χ0n) is 7.82. The van der Waals surface area contributed by atoms with E-state index in [1.165, 1.54) is 6.33 Å². The van der Waals surface area contributed by atoms with E-state index in [9.17, 15) is 4.79 Å². The number of aliphatic carboxylic acids is 1. The van der Waals surface area contributed by atoms with Crippen molar-refractivity contribution < 1.29 is 9.90 Å². The van der Waals surface area contributed by atoms with Crippen LogP contribution in [0.25, 0.3) is 0 Å². The first kappa shape index (κ1) is 10.2. The predicted octanol–water partition coefficient (Wildman–Crippen LogP) is 0.405. The minimum absolute atomic E-state index is 0.0683. The van der Waals surface area contributed by atoms with Crippen LogP contribution in [0.3, 0.4) is 0 Å². The molecule has 14 heavy (non-hydrogen) atoms. The molecule has 0 unspecified atom stereocenters. The molecular formula is C8H12N4O2. The summed E-state index contributed by atoms with van der Waals surface area (Å²) in [5.41, 5.74) is 0. The Morgan fingerprint density at radius 2 is 2.21 bits per heavy atom. The molecule has 0 aliphatic rings. The fourth-order valence-electron chi connectivity index (χ4n) is 0.888. The second kappa shape index (κ2) is 5.00. The van der Waals surface area contributed by atoms with Crippen LogP contribution in [0.4, 0.5) is 11.6 Å². The van der Waals surface area contributed by atoms with E-state index in [0.29, 0.717) is 18.2 Å². The zero-order chi connectivity index (χ0) is 10.4. The van der Waals surface area contributed by atoms with Gasteiger partial charge in [-0.1, -0.05) is 0 Å². The van der Waals surface area contributed by atoms with Crippen molar-refractivity contribution >= 4 is 17.6 Å². The van der Waals surface area contributed by atoms with Gasteiger partial charge in [0, 0.05) is 19.7 Å². The third-order valence-corrected chi connectivity index (χ3v) is 1.57. The number of carbonyl (C=O) groups is 1. The van der Waals surface area contributed by atoms with E-state index in [4.69, 9.17) is 5.11 Å². The van der Waals surface area contributed by atoms with Gasteiger partial charge in [0.25, 0.3) is 0 Å². The van der Waals surface area contributed by atoms with E-state index < -0.39 is 5.97 Å². The average Bonchev–Trinajstić information content (AvgIpc) is 2.18. The average molecular weight is 196 g/mol. The summed E-state index contributed by atoms with van der Waals surface area (Å²) in [5.74, 6) is 0.476. The molecule has 0 radical (unpaired) electrons. The van der Waals surface area contributed by atoms with Crippen LogP contribution < -0.4 is 10.6 Å². The second-order valence-corrected chi connectivity index (χ2v) is 2.61. The number of hydrogen-bond acceptors (Lipinski definition) is 5. The van der Waals surface area contributed by atoms with Crippen LogP contribution >= 0.6 is 0 Å². The second-order valence-electron chi connectivity index (χ2n) is 2.61. The van der Waals surface area contributed by atoms with Crippen LogP contribution in [0, 0.1) is 0 Å². The Bertz CT molecular complexity index is 316. The molecule has 76 valence electrons. The fourth-order valence-corrected chi connectivity index (χ4v) is 0.888. The Hall–Kier alpha value is -1.85. The van der Waals surface area contributed by atoms with Crippen molar-refractivity contribution in [2.24, 2.45) is 0 Å². The lowest BCUT2D eigenvalue weighted by Crippen LogP contribution is -2.09. The van der Waals surface area contributed by atoms with Crippen LogP contribution in [-0.2, 0) is 4.79 Å². The molecule has 0 saturated carbocycles. The monoisotopic (exact) mass is 196 g/mol. The van der Waals surface area contributed by atoms with Crippen molar-refractivity contribution in [2.45, 2.75) is 6.42 Å². The third-order valence-electron chi connectivity index (χ3n) is 1.57. The lowest BCUT2D eigenvalue weighted by atomic mass is 10.4. The molecule has 0 aliphatic carbocycles. The van der Waals surface area contributed by atoms with E-state index in [1.54, 1.807) is 13.1 Å². The molecule has 0 atom stereocenters. The molecule has 0 fully saturated rings. The number of nitrogens with zero attached hydrogens (tertiary/aromatic N) is 2. The maximum atomic E-state index is 10.2. The number of nitrogens with one attached hydrogen (secondary N) is 2. The summed E-state index contributed by atoms with van der Waals surface area (Å²) < 4.78 is 0. The van der Waals surface area contributed by atoms with Crippen molar-refractivity contribution in [1.82, 2.24) is 9.97 Å². The number of anilines is 2. The van der Waals surface area contributed by atoms with Crippen molar-refractivity contribution in [3.8, 4) is 0 Å². The third kappa shape index (κ3) is 3.26. The Morgan fingerprint density at radius 1 is 1.50 bits per heavy atom. The Kier molecular flexibility index (Phi) is 3.66. The summed E-state index contributed by atoms with van der Waals surface area (Å²) in [6.45, 7) is 0.357. The van der Waals surface area contributed by atoms with Crippen LogP contribution in [0.2, 0.25) is 0 Å². The smallest absolute Gasteiger partial charge is 0.305 e. The molecule has 6 nitrogen and oxygen atoms in total. The topological polar surface area (TPSA) is 87.1 Å². The molecule has 0 spiro atoms. The number of carboxylic acid groups (broad SMARTS) is 1. The first-order valence-electron chi connectivity index (χ1n) is 4.18. The van der Waals surface area contributed by atoms with E-state index >= 15 is 0 Å². The van der Waals surface area contributed by atoms with Crippen molar-refractivity contribution in [3.05, 3.63) is 12.4 Å². The first-order chi connectivity index (χ1) is 6.72. The summed E-state index contributed by atoms with van der Waals surface area (Å²) in [4.78, 5) is 18.1. The lowest BCUT2D eigenvalue weighted by molar-refractivity contribution is -0.136. The fraction of sp³-hybridized carbons (Fsp3) is 0.375. The highest BCUT2D eigenvalue weighted by molar-refractivity contribution is 5.67. The standard InChI is InChI=1S/C8H12N4O2/c1-9-6-4-7(12-5-11-6)10-3-2-8(13)14/h4-5H,2-3H2,1H3,(H,13,14)(H2,9,10,11,12). The minimum atomic E-state index is -0.833. The molecule has 0 saturated heterocycles. The van der Waals surface area contributed by atoms with Crippen LogP contribution in [0.15, 0.2) is 12.4 Å². The van der Waals surface area contributed by atoms with Gasteiger partial charge in [0.15, 0.2) is 0 Å². The Balaban J connectivity index is 2.46. The molecule has 1 heterocycles. The predicted molar refractivity (Wildman–Crippen MR) is 52.3 cm³/mol. The van der Waals surface area contributed by atoms with E-state index in [2.05, 4.69) is 20.6 Å². The number of hydrogen-bond donors (Lipinski definition) is 3. The van der Waals surface area contributed by atoms with Gasteiger partial charge in [0.05, 0.1) is 6.42 Å². The van der Waals surface area contributed by atoms with Crippen molar-refractivity contribution in [1.29, 1.82) is 0 Å². The maximum Gasteiger partial charge on any atom is 0.305 e. The summed E-state index contributed by atoms with van der Waals surface area (Å²) in [6.07, 6.45) is 1.48. The summed E-state index contributed by atoms with van der Waals surface area (Å²) >= 11 is 0. The van der Waals surface area contributed by atoms with Crippen molar-refractivity contribution in [3.63, 3.8) is 0 Å². The lowest BCUT2D eigenvalue weighted by Gasteiger charge is -2.04. The van der Waals surface area contributed by atoms with Gasteiger partial charge in [-0.15, -0.1) is 0 Å². The summed E-state index contributed by atoms with van der Waals surface area (Å²) in [6, 6.07) is 1.71.